The van der Waals surface area contributed by atoms with E-state index in [-0.39, 0.29) is 5.91 Å². The van der Waals surface area contributed by atoms with E-state index in [2.05, 4.69) is 10.3 Å². The maximum absolute atomic E-state index is 13.1. The molecule has 0 aliphatic rings. The number of nitrogens with one attached hydrogen (secondary N) is 2. The van der Waals surface area contributed by atoms with Gasteiger partial charge in [0.25, 0.3) is 5.91 Å². The monoisotopic (exact) mass is 316 g/mol. The summed E-state index contributed by atoms with van der Waals surface area (Å²) in [5.41, 5.74) is 2.41. The molecule has 0 fully saturated rings. The summed E-state index contributed by atoms with van der Waals surface area (Å²) in [6, 6.07) is 11.3. The second-order valence-electron chi connectivity index (χ2n) is 5.02. The van der Waals surface area contributed by atoms with Gasteiger partial charge in [0.15, 0.2) is 0 Å². The summed E-state index contributed by atoms with van der Waals surface area (Å²) in [4.78, 5) is 15.1. The summed E-state index contributed by atoms with van der Waals surface area (Å²) >= 11 is 6.01. The standard InChI is InChI=1S/C17H14ClFN2O/c18-13-4-5-16-15(9-13)12(10-21-16)6-7-20-17(22)11-2-1-3-14(19)8-11/h1-5,8-10,21H,6-7H2,(H,20,22). The number of rotatable bonds is 4. The van der Waals surface area contributed by atoms with Crippen LogP contribution in [-0.4, -0.2) is 17.4 Å². The quantitative estimate of drug-likeness (QED) is 0.752. The summed E-state index contributed by atoms with van der Waals surface area (Å²) in [5, 5.41) is 4.52. The van der Waals surface area contributed by atoms with Gasteiger partial charge in [0.2, 0.25) is 0 Å². The number of H-pyrrole nitrogens is 1. The Kier molecular flexibility index (Phi) is 4.11. The van der Waals surface area contributed by atoms with Crippen molar-refractivity contribution in [2.24, 2.45) is 0 Å². The zero-order valence-corrected chi connectivity index (χ0v) is 12.5. The van der Waals surface area contributed by atoms with E-state index in [9.17, 15) is 9.18 Å². The zero-order chi connectivity index (χ0) is 15.5. The predicted octanol–water partition coefficient (Wildman–Crippen LogP) is 3.93. The van der Waals surface area contributed by atoms with Crippen molar-refractivity contribution in [1.82, 2.24) is 10.3 Å². The van der Waals surface area contributed by atoms with Gasteiger partial charge in [-0.1, -0.05) is 17.7 Å². The molecule has 112 valence electrons. The minimum absolute atomic E-state index is 0.280. The third-order valence-electron chi connectivity index (χ3n) is 3.50. The highest BCUT2D eigenvalue weighted by Gasteiger charge is 2.08. The van der Waals surface area contributed by atoms with Crippen LogP contribution in [0.1, 0.15) is 15.9 Å². The van der Waals surface area contributed by atoms with Crippen LogP contribution in [0.15, 0.2) is 48.7 Å². The molecule has 5 heteroatoms. The van der Waals surface area contributed by atoms with E-state index >= 15 is 0 Å². The molecule has 0 bridgehead atoms. The molecule has 0 radical (unpaired) electrons. The summed E-state index contributed by atoms with van der Waals surface area (Å²) in [6.07, 6.45) is 2.58. The normalized spacial score (nSPS) is 10.8. The molecule has 0 unspecified atom stereocenters. The predicted molar refractivity (Wildman–Crippen MR) is 85.7 cm³/mol. The minimum Gasteiger partial charge on any atom is -0.361 e. The summed E-state index contributed by atoms with van der Waals surface area (Å²) < 4.78 is 13.1. The van der Waals surface area contributed by atoms with Crippen LogP contribution in [0.2, 0.25) is 5.02 Å². The van der Waals surface area contributed by atoms with Gasteiger partial charge in [-0.25, -0.2) is 4.39 Å². The number of aromatic amines is 1. The van der Waals surface area contributed by atoms with Crippen LogP contribution >= 0.6 is 11.6 Å². The van der Waals surface area contributed by atoms with Crippen LogP contribution in [0, 0.1) is 5.82 Å². The van der Waals surface area contributed by atoms with E-state index in [1.165, 1.54) is 18.2 Å². The van der Waals surface area contributed by atoms with Crippen molar-refractivity contribution in [1.29, 1.82) is 0 Å². The van der Waals surface area contributed by atoms with E-state index in [0.717, 1.165) is 16.5 Å². The molecule has 0 atom stereocenters. The molecule has 0 spiro atoms. The summed E-state index contributed by atoms with van der Waals surface area (Å²) in [6.45, 7) is 0.467. The highest BCUT2D eigenvalue weighted by molar-refractivity contribution is 6.31. The van der Waals surface area contributed by atoms with E-state index in [4.69, 9.17) is 11.6 Å². The number of benzene rings is 2. The lowest BCUT2D eigenvalue weighted by molar-refractivity contribution is 0.0953. The lowest BCUT2D eigenvalue weighted by atomic mass is 10.1. The van der Waals surface area contributed by atoms with Crippen LogP contribution in [0.5, 0.6) is 0 Å². The van der Waals surface area contributed by atoms with Crippen LogP contribution in [0.4, 0.5) is 4.39 Å². The van der Waals surface area contributed by atoms with Crippen molar-refractivity contribution < 1.29 is 9.18 Å². The second-order valence-corrected chi connectivity index (χ2v) is 5.46. The topological polar surface area (TPSA) is 44.9 Å². The fourth-order valence-electron chi connectivity index (χ4n) is 2.40. The number of aromatic nitrogens is 1. The first-order chi connectivity index (χ1) is 10.6. The second kappa shape index (κ2) is 6.20. The van der Waals surface area contributed by atoms with Gasteiger partial charge >= 0.3 is 0 Å². The number of carbonyl (C=O) groups is 1. The van der Waals surface area contributed by atoms with E-state index < -0.39 is 5.82 Å². The maximum atomic E-state index is 13.1. The molecule has 3 nitrogen and oxygen atoms in total. The van der Waals surface area contributed by atoms with Crippen LogP contribution in [0.3, 0.4) is 0 Å². The Morgan fingerprint density at radius 3 is 2.91 bits per heavy atom. The Morgan fingerprint density at radius 2 is 2.09 bits per heavy atom. The first kappa shape index (κ1) is 14.6. The van der Waals surface area contributed by atoms with Crippen molar-refractivity contribution >= 4 is 28.4 Å². The van der Waals surface area contributed by atoms with E-state index in [1.54, 1.807) is 6.07 Å². The van der Waals surface area contributed by atoms with Crippen molar-refractivity contribution in [3.05, 3.63) is 70.6 Å². The molecule has 1 aromatic heterocycles. The lowest BCUT2D eigenvalue weighted by Crippen LogP contribution is -2.25. The van der Waals surface area contributed by atoms with Crippen LogP contribution in [-0.2, 0) is 6.42 Å². The Balaban J connectivity index is 1.65. The van der Waals surface area contributed by atoms with Gasteiger partial charge in [0.1, 0.15) is 5.82 Å². The molecule has 0 aliphatic carbocycles. The van der Waals surface area contributed by atoms with Crippen LogP contribution < -0.4 is 5.32 Å². The molecular formula is C17H14ClFN2O. The Bertz CT molecular complexity index is 828. The third-order valence-corrected chi connectivity index (χ3v) is 3.73. The number of hydrogen-bond acceptors (Lipinski definition) is 1. The number of carbonyl (C=O) groups excluding carboxylic acids is 1. The first-order valence-electron chi connectivity index (χ1n) is 6.93. The maximum Gasteiger partial charge on any atom is 0.251 e. The molecule has 1 heterocycles. The number of fused-ring (bicyclic) bond motifs is 1. The van der Waals surface area contributed by atoms with Crippen molar-refractivity contribution in [3.63, 3.8) is 0 Å². The summed E-state index contributed by atoms with van der Waals surface area (Å²) in [7, 11) is 0. The van der Waals surface area contributed by atoms with E-state index in [1.807, 2.05) is 24.4 Å². The molecule has 0 aliphatic heterocycles. The van der Waals surface area contributed by atoms with Gasteiger partial charge < -0.3 is 10.3 Å². The average molecular weight is 317 g/mol. The molecule has 2 aromatic carbocycles. The lowest BCUT2D eigenvalue weighted by Gasteiger charge is -2.05. The van der Waals surface area contributed by atoms with Gasteiger partial charge in [-0.3, -0.25) is 4.79 Å². The van der Waals surface area contributed by atoms with Crippen molar-refractivity contribution in [2.45, 2.75) is 6.42 Å². The van der Waals surface area contributed by atoms with E-state index in [0.29, 0.717) is 23.6 Å². The van der Waals surface area contributed by atoms with Crippen molar-refractivity contribution in [3.8, 4) is 0 Å². The van der Waals surface area contributed by atoms with Gasteiger partial charge in [-0.2, -0.15) is 0 Å². The highest BCUT2D eigenvalue weighted by atomic mass is 35.5. The first-order valence-corrected chi connectivity index (χ1v) is 7.30. The zero-order valence-electron chi connectivity index (χ0n) is 11.7. The van der Waals surface area contributed by atoms with Crippen molar-refractivity contribution in [2.75, 3.05) is 6.54 Å². The molecule has 1 amide bonds. The number of halogens is 2. The Labute approximate surface area is 132 Å². The molecule has 22 heavy (non-hydrogen) atoms. The van der Waals surface area contributed by atoms with Gasteiger partial charge in [0.05, 0.1) is 0 Å². The van der Waals surface area contributed by atoms with Gasteiger partial charge in [-0.05, 0) is 48.4 Å². The highest BCUT2D eigenvalue weighted by Crippen LogP contribution is 2.22. The minimum atomic E-state index is -0.418. The molecule has 2 N–H and O–H groups in total. The molecule has 0 saturated heterocycles. The van der Waals surface area contributed by atoms with Gasteiger partial charge in [0, 0.05) is 34.2 Å². The van der Waals surface area contributed by atoms with Gasteiger partial charge in [-0.15, -0.1) is 0 Å². The fourth-order valence-corrected chi connectivity index (χ4v) is 2.57. The molecular weight excluding hydrogens is 303 g/mol. The molecule has 3 rings (SSSR count). The third kappa shape index (κ3) is 3.12. The number of amides is 1. The largest absolute Gasteiger partial charge is 0.361 e. The average Bonchev–Trinajstić information content (AvgIpc) is 2.89. The molecule has 0 saturated carbocycles. The molecule has 3 aromatic rings. The SMILES string of the molecule is O=C(NCCc1c[nH]c2ccc(Cl)cc12)c1cccc(F)c1. The number of hydrogen-bond donors (Lipinski definition) is 2. The smallest absolute Gasteiger partial charge is 0.251 e. The fraction of sp³-hybridized carbons (Fsp3) is 0.118. The van der Waals surface area contributed by atoms with Crippen LogP contribution in [0.25, 0.3) is 10.9 Å². The Hall–Kier alpha value is -2.33. The Morgan fingerprint density at radius 1 is 1.23 bits per heavy atom. The summed E-state index contributed by atoms with van der Waals surface area (Å²) in [5.74, 6) is -0.698.